The maximum absolute atomic E-state index is 14.7. The summed E-state index contributed by atoms with van der Waals surface area (Å²) in [5, 5.41) is 45.9. The molecule has 8 atom stereocenters. The Hall–Kier alpha value is -5.87. The van der Waals surface area contributed by atoms with Crippen LogP contribution in [-0.2, 0) is 41.6 Å². The smallest absolute Gasteiger partial charge is 0.326 e. The van der Waals surface area contributed by atoms with E-state index in [1.54, 1.807) is 52.0 Å². The largest absolute Gasteiger partial charge is 0.508 e. The minimum Gasteiger partial charge on any atom is -0.508 e. The lowest BCUT2D eigenvalue weighted by molar-refractivity contribution is -0.143. The lowest BCUT2D eigenvalue weighted by atomic mass is 9.96. The Labute approximate surface area is 364 Å². The lowest BCUT2D eigenvalue weighted by Gasteiger charge is -2.34. The van der Waals surface area contributed by atoms with Crippen LogP contribution in [0, 0.1) is 17.8 Å². The van der Waals surface area contributed by atoms with E-state index in [1.807, 2.05) is 13.8 Å². The number of aryl methyl sites for hydroxylation is 2. The Morgan fingerprint density at radius 1 is 0.742 bits per heavy atom. The van der Waals surface area contributed by atoms with E-state index >= 15 is 0 Å². The number of phenols is 2. The van der Waals surface area contributed by atoms with Gasteiger partial charge in [0.2, 0.25) is 29.5 Å². The first-order chi connectivity index (χ1) is 29.4. The van der Waals surface area contributed by atoms with Crippen LogP contribution in [0.1, 0.15) is 97.6 Å². The number of benzene rings is 2. The zero-order valence-electron chi connectivity index (χ0n) is 37.0. The van der Waals surface area contributed by atoms with Gasteiger partial charge in [-0.05, 0) is 98.1 Å². The molecule has 2 aromatic carbocycles. The number of hydrogen-bond donors (Lipinski definition) is 9. The van der Waals surface area contributed by atoms with Gasteiger partial charge in [0.1, 0.15) is 47.8 Å². The zero-order valence-corrected chi connectivity index (χ0v) is 37.0. The van der Waals surface area contributed by atoms with Crippen molar-refractivity contribution in [2.45, 2.75) is 136 Å². The molecular weight excluding hydrogens is 799 g/mol. The molecule has 17 heteroatoms. The molecule has 17 nitrogen and oxygen atoms in total. The molecule has 0 spiro atoms. The van der Waals surface area contributed by atoms with Crippen LogP contribution in [0.5, 0.6) is 11.5 Å². The van der Waals surface area contributed by atoms with E-state index in [4.69, 9.17) is 0 Å². The molecule has 2 aromatic rings. The van der Waals surface area contributed by atoms with Gasteiger partial charge in [-0.2, -0.15) is 0 Å². The van der Waals surface area contributed by atoms with Crippen molar-refractivity contribution in [3.8, 4) is 11.5 Å². The summed E-state index contributed by atoms with van der Waals surface area (Å²) >= 11 is 0. The Balaban J connectivity index is 2.07. The van der Waals surface area contributed by atoms with Crippen molar-refractivity contribution < 1.29 is 48.9 Å². The summed E-state index contributed by atoms with van der Waals surface area (Å²) in [6, 6.07) is 5.03. The fourth-order valence-electron chi connectivity index (χ4n) is 7.19. The summed E-state index contributed by atoms with van der Waals surface area (Å²) in [6.45, 7) is 10.8. The maximum Gasteiger partial charge on any atom is 0.326 e. The van der Waals surface area contributed by atoms with Crippen LogP contribution in [0.25, 0.3) is 0 Å². The number of urea groups is 1. The number of hydrogen-bond acceptors (Lipinski definition) is 9. The third kappa shape index (κ3) is 15.2. The molecule has 3 rings (SSSR count). The van der Waals surface area contributed by atoms with Crippen LogP contribution >= 0.6 is 0 Å². The molecular formula is C45H67N7O10. The first kappa shape index (κ1) is 50.5. The summed E-state index contributed by atoms with van der Waals surface area (Å²) in [5.74, 6) is -5.36. The average molecular weight is 866 g/mol. The van der Waals surface area contributed by atoms with E-state index in [1.165, 1.54) is 36.2 Å². The number of carboxylic acids is 1. The third-order valence-corrected chi connectivity index (χ3v) is 11.7. The molecule has 7 amide bonds. The molecule has 0 aliphatic carbocycles. The fourth-order valence-corrected chi connectivity index (χ4v) is 7.19. The first-order valence-corrected chi connectivity index (χ1v) is 21.7. The molecule has 1 fully saturated rings. The molecule has 1 saturated heterocycles. The Bertz CT molecular complexity index is 1820. The summed E-state index contributed by atoms with van der Waals surface area (Å²) in [4.78, 5) is 97.4. The molecule has 1 aliphatic rings. The van der Waals surface area contributed by atoms with E-state index in [9.17, 15) is 48.9 Å². The van der Waals surface area contributed by atoms with Gasteiger partial charge in [-0.15, -0.1) is 0 Å². The highest BCUT2D eigenvalue weighted by atomic mass is 16.4. The van der Waals surface area contributed by atoms with Gasteiger partial charge in [0.25, 0.3) is 0 Å². The van der Waals surface area contributed by atoms with Crippen molar-refractivity contribution >= 4 is 41.5 Å². The van der Waals surface area contributed by atoms with Gasteiger partial charge in [-0.3, -0.25) is 24.0 Å². The normalized spacial score (nSPS) is 22.7. The minimum absolute atomic E-state index is 0.0506. The lowest BCUT2D eigenvalue weighted by Crippen LogP contribution is -2.61. The molecule has 1 aliphatic heterocycles. The molecule has 342 valence electrons. The topological polar surface area (TPSA) is 256 Å². The van der Waals surface area contributed by atoms with E-state index in [2.05, 4.69) is 31.9 Å². The number of phenolic OH excluding ortho intramolecular Hbond substituents is 2. The maximum atomic E-state index is 14.7. The highest BCUT2D eigenvalue weighted by Crippen LogP contribution is 2.19. The van der Waals surface area contributed by atoms with Gasteiger partial charge >= 0.3 is 12.0 Å². The van der Waals surface area contributed by atoms with Gasteiger partial charge in [-0.25, -0.2) is 9.59 Å². The van der Waals surface area contributed by atoms with Crippen molar-refractivity contribution in [3.05, 3.63) is 59.7 Å². The number of nitrogens with one attached hydrogen (secondary N) is 6. The highest BCUT2D eigenvalue weighted by molar-refractivity contribution is 5.96. The number of carboxylic acid groups (broad SMARTS) is 1. The standard InChI is InChI=1S/C45H67N7O10/c1-8-27(5)37-41(57)46-25-11-10-12-33(48-45(62)51-38(44(60)61)28(6)9-2)39(55)49-36(26(3)4)42(58)47-34(23-17-29-13-19-31(53)20-14-29)43(59)52(7)35(40(56)50-37)24-18-30-15-21-32(54)22-16-30/h13-16,19-22,26-28,33-38,53-54H,8-12,17-18,23-25H2,1-7H3,(H,46,57)(H,47,58)(H,49,55)(H,50,56)(H,60,61)(H2,48,51,62)/t27-,28-,33?,34-,35?,36-,37-,38-/m0/s1. The molecule has 2 unspecified atom stereocenters. The SMILES string of the molecule is CC[C@H](C)[C@H](NC(=O)NC1CCCCNC(=O)[C@H]([C@@H](C)CC)NC(=O)C(CCc2ccc(O)cc2)N(C)C(=O)[C@H](CCc2ccc(O)cc2)NC(=O)[C@H](C(C)C)NC1=O)C(=O)O. The number of rotatable bonds is 14. The van der Waals surface area contributed by atoms with E-state index < -0.39 is 89.6 Å². The second kappa shape index (κ2) is 24.5. The van der Waals surface area contributed by atoms with Crippen molar-refractivity contribution in [2.24, 2.45) is 17.8 Å². The van der Waals surface area contributed by atoms with Crippen molar-refractivity contribution in [3.63, 3.8) is 0 Å². The summed E-state index contributed by atoms with van der Waals surface area (Å²) in [6.07, 6.45) is 2.56. The van der Waals surface area contributed by atoms with E-state index in [0.29, 0.717) is 32.1 Å². The predicted octanol–water partition coefficient (Wildman–Crippen LogP) is 3.11. The summed E-state index contributed by atoms with van der Waals surface area (Å²) in [5.41, 5.74) is 1.55. The Kier molecular flexibility index (Phi) is 20.0. The summed E-state index contributed by atoms with van der Waals surface area (Å²) < 4.78 is 0. The summed E-state index contributed by atoms with van der Waals surface area (Å²) in [7, 11) is 1.46. The van der Waals surface area contributed by atoms with Gasteiger partial charge in [0.05, 0.1) is 0 Å². The monoisotopic (exact) mass is 865 g/mol. The van der Waals surface area contributed by atoms with Crippen molar-refractivity contribution in [2.75, 3.05) is 13.6 Å². The predicted molar refractivity (Wildman–Crippen MR) is 233 cm³/mol. The molecule has 9 N–H and O–H groups in total. The Morgan fingerprint density at radius 2 is 1.31 bits per heavy atom. The van der Waals surface area contributed by atoms with Gasteiger partial charge in [0.15, 0.2) is 0 Å². The number of nitrogens with zero attached hydrogens (tertiary/aromatic N) is 1. The average Bonchev–Trinajstić information content (AvgIpc) is 3.24. The van der Waals surface area contributed by atoms with Crippen LogP contribution in [0.2, 0.25) is 0 Å². The van der Waals surface area contributed by atoms with Crippen molar-refractivity contribution in [1.29, 1.82) is 0 Å². The first-order valence-electron chi connectivity index (χ1n) is 21.7. The van der Waals surface area contributed by atoms with E-state index in [0.717, 1.165) is 11.1 Å². The van der Waals surface area contributed by atoms with Crippen LogP contribution in [0.3, 0.4) is 0 Å². The molecule has 0 bridgehead atoms. The minimum atomic E-state index is -1.23. The number of aliphatic carboxylic acids is 1. The zero-order chi connectivity index (χ0) is 46.1. The molecule has 62 heavy (non-hydrogen) atoms. The molecule has 0 saturated carbocycles. The quantitative estimate of drug-likeness (QED) is 0.134. The van der Waals surface area contributed by atoms with Crippen LogP contribution < -0.4 is 31.9 Å². The molecule has 0 aromatic heterocycles. The fraction of sp³-hybridized carbons (Fsp3) is 0.578. The van der Waals surface area contributed by atoms with Gasteiger partial charge in [0, 0.05) is 13.6 Å². The Morgan fingerprint density at radius 3 is 1.84 bits per heavy atom. The van der Waals surface area contributed by atoms with Crippen LogP contribution in [0.15, 0.2) is 48.5 Å². The van der Waals surface area contributed by atoms with Crippen LogP contribution in [0.4, 0.5) is 4.79 Å². The number of carbonyl (C=O) groups excluding carboxylic acids is 6. The van der Waals surface area contributed by atoms with Crippen LogP contribution in [-0.4, -0.2) is 112 Å². The number of aromatic hydroxyl groups is 2. The van der Waals surface area contributed by atoms with Gasteiger partial charge in [-0.1, -0.05) is 78.6 Å². The second-order valence-corrected chi connectivity index (χ2v) is 16.7. The number of carbonyl (C=O) groups is 7. The van der Waals surface area contributed by atoms with Crippen molar-refractivity contribution in [1.82, 2.24) is 36.8 Å². The second-order valence-electron chi connectivity index (χ2n) is 16.7. The number of likely N-dealkylation sites (N-methyl/N-ethyl adjacent to an activating group) is 1. The van der Waals surface area contributed by atoms with Gasteiger partial charge < -0.3 is 52.1 Å². The molecule has 0 radical (unpaired) electrons. The molecule has 1 heterocycles. The highest BCUT2D eigenvalue weighted by Gasteiger charge is 2.37. The van der Waals surface area contributed by atoms with E-state index in [-0.39, 0.29) is 49.6 Å². The number of amides is 7. The third-order valence-electron chi connectivity index (χ3n) is 11.7.